The minimum atomic E-state index is -0.235. The van der Waals surface area contributed by atoms with Gasteiger partial charge in [-0.15, -0.1) is 0 Å². The quantitative estimate of drug-likeness (QED) is 0.780. The summed E-state index contributed by atoms with van der Waals surface area (Å²) < 4.78 is 5.29. The van der Waals surface area contributed by atoms with E-state index in [2.05, 4.69) is 0 Å². The molecule has 0 aromatic heterocycles. The van der Waals surface area contributed by atoms with Crippen LogP contribution < -0.4 is 0 Å². The highest BCUT2D eigenvalue weighted by atomic mass is 16.5. The second-order valence-electron chi connectivity index (χ2n) is 5.64. The second-order valence-corrected chi connectivity index (χ2v) is 5.64. The second kappa shape index (κ2) is 7.07. The van der Waals surface area contributed by atoms with Crippen molar-refractivity contribution in [3.05, 3.63) is 0 Å². The van der Waals surface area contributed by atoms with Gasteiger partial charge in [-0.25, -0.2) is 0 Å². The maximum absolute atomic E-state index is 12.6. The van der Waals surface area contributed by atoms with Crippen molar-refractivity contribution < 1.29 is 14.3 Å². The van der Waals surface area contributed by atoms with E-state index >= 15 is 0 Å². The fraction of sp³-hybridized carbons (Fsp3) is 0.867. The third-order valence-electron chi connectivity index (χ3n) is 4.48. The van der Waals surface area contributed by atoms with Crippen LogP contribution in [0, 0.1) is 5.92 Å². The Morgan fingerprint density at radius 3 is 2.40 bits per heavy atom. The van der Waals surface area contributed by atoms with Crippen molar-refractivity contribution in [3.63, 3.8) is 0 Å². The fourth-order valence-electron chi connectivity index (χ4n) is 3.15. The predicted molar refractivity (Wildman–Crippen MR) is 76.2 cm³/mol. The lowest BCUT2D eigenvalue weighted by Gasteiger charge is -2.33. The van der Waals surface area contributed by atoms with Crippen molar-refractivity contribution in [2.24, 2.45) is 5.92 Å². The van der Waals surface area contributed by atoms with Gasteiger partial charge in [-0.3, -0.25) is 9.59 Å². The van der Waals surface area contributed by atoms with Gasteiger partial charge < -0.3 is 14.5 Å². The Hall–Kier alpha value is -1.10. The van der Waals surface area contributed by atoms with E-state index in [1.807, 2.05) is 23.6 Å². The minimum Gasteiger partial charge on any atom is -0.378 e. The molecule has 0 saturated carbocycles. The first-order chi connectivity index (χ1) is 9.69. The average Bonchev–Trinajstić information content (AvgIpc) is 2.98. The van der Waals surface area contributed by atoms with Crippen molar-refractivity contribution in [2.45, 2.75) is 45.6 Å². The number of rotatable bonds is 4. The fourth-order valence-corrected chi connectivity index (χ4v) is 3.15. The van der Waals surface area contributed by atoms with Crippen molar-refractivity contribution >= 4 is 11.8 Å². The first-order valence-corrected chi connectivity index (χ1v) is 7.86. The standard InChI is InChI=1S/C15H26N2O3/c1-3-12(4-2)14(18)17-7-5-6-13(17)15(19)16-8-10-20-11-9-16/h12-13H,3-11H2,1-2H3/t13-/m0/s1. The molecule has 2 amide bonds. The Morgan fingerprint density at radius 2 is 1.80 bits per heavy atom. The predicted octanol–water partition coefficient (Wildman–Crippen LogP) is 1.27. The molecule has 0 aromatic rings. The maximum Gasteiger partial charge on any atom is 0.245 e. The summed E-state index contributed by atoms with van der Waals surface area (Å²) in [5.74, 6) is 0.345. The first-order valence-electron chi connectivity index (χ1n) is 7.86. The van der Waals surface area contributed by atoms with Crippen LogP contribution >= 0.6 is 0 Å². The van der Waals surface area contributed by atoms with Crippen LogP contribution in [0.5, 0.6) is 0 Å². The van der Waals surface area contributed by atoms with Crippen LogP contribution in [0.3, 0.4) is 0 Å². The molecule has 0 radical (unpaired) electrons. The smallest absolute Gasteiger partial charge is 0.245 e. The van der Waals surface area contributed by atoms with Gasteiger partial charge in [-0.05, 0) is 25.7 Å². The van der Waals surface area contributed by atoms with Gasteiger partial charge in [-0.1, -0.05) is 13.8 Å². The Bertz CT molecular complexity index is 349. The lowest BCUT2D eigenvalue weighted by molar-refractivity contribution is -0.148. The van der Waals surface area contributed by atoms with Crippen molar-refractivity contribution in [3.8, 4) is 0 Å². The molecule has 2 fully saturated rings. The Balaban J connectivity index is 2.02. The number of morpholine rings is 1. The van der Waals surface area contributed by atoms with Crippen LogP contribution in [-0.2, 0) is 14.3 Å². The molecule has 114 valence electrons. The topological polar surface area (TPSA) is 49.9 Å². The third kappa shape index (κ3) is 3.14. The maximum atomic E-state index is 12.6. The highest BCUT2D eigenvalue weighted by Gasteiger charge is 2.38. The van der Waals surface area contributed by atoms with E-state index in [1.165, 1.54) is 0 Å². The average molecular weight is 282 g/mol. The van der Waals surface area contributed by atoms with Gasteiger partial charge in [0.15, 0.2) is 0 Å². The zero-order valence-corrected chi connectivity index (χ0v) is 12.6. The Kier molecular flexibility index (Phi) is 5.40. The van der Waals surface area contributed by atoms with Gasteiger partial charge in [0.05, 0.1) is 13.2 Å². The van der Waals surface area contributed by atoms with Crippen LogP contribution in [0.15, 0.2) is 0 Å². The first kappa shape index (κ1) is 15.3. The highest BCUT2D eigenvalue weighted by molar-refractivity contribution is 5.89. The summed E-state index contributed by atoms with van der Waals surface area (Å²) in [5, 5.41) is 0. The zero-order valence-electron chi connectivity index (χ0n) is 12.6. The van der Waals surface area contributed by atoms with Crippen LogP contribution in [0.1, 0.15) is 39.5 Å². The number of carbonyl (C=O) groups excluding carboxylic acids is 2. The third-order valence-corrected chi connectivity index (χ3v) is 4.48. The molecule has 2 aliphatic heterocycles. The van der Waals surface area contributed by atoms with Crippen LogP contribution in [-0.4, -0.2) is 60.5 Å². The molecule has 1 atom stereocenters. The van der Waals surface area contributed by atoms with E-state index in [4.69, 9.17) is 4.74 Å². The molecule has 2 aliphatic rings. The van der Waals surface area contributed by atoms with Gasteiger partial charge in [0.25, 0.3) is 0 Å². The minimum absolute atomic E-state index is 0.0630. The molecule has 2 saturated heterocycles. The molecule has 0 N–H and O–H groups in total. The lowest BCUT2D eigenvalue weighted by atomic mass is 10.0. The molecule has 0 aliphatic carbocycles. The Labute approximate surface area is 121 Å². The summed E-state index contributed by atoms with van der Waals surface area (Å²) in [6.45, 7) is 7.35. The molecule has 5 heteroatoms. The number of carbonyl (C=O) groups is 2. The monoisotopic (exact) mass is 282 g/mol. The number of hydrogen-bond donors (Lipinski definition) is 0. The molecule has 2 rings (SSSR count). The molecule has 0 bridgehead atoms. The molecule has 0 aromatic carbocycles. The van der Waals surface area contributed by atoms with Crippen LogP contribution in [0.4, 0.5) is 0 Å². The van der Waals surface area contributed by atoms with E-state index in [9.17, 15) is 9.59 Å². The van der Waals surface area contributed by atoms with Gasteiger partial charge in [0, 0.05) is 25.6 Å². The summed E-state index contributed by atoms with van der Waals surface area (Å²) >= 11 is 0. The van der Waals surface area contributed by atoms with Gasteiger partial charge in [0.2, 0.25) is 11.8 Å². The summed E-state index contributed by atoms with van der Waals surface area (Å²) in [7, 11) is 0. The summed E-state index contributed by atoms with van der Waals surface area (Å²) in [5.41, 5.74) is 0. The summed E-state index contributed by atoms with van der Waals surface area (Å²) in [4.78, 5) is 28.8. The number of likely N-dealkylation sites (tertiary alicyclic amines) is 1. The molecule has 0 spiro atoms. The van der Waals surface area contributed by atoms with E-state index < -0.39 is 0 Å². The van der Waals surface area contributed by atoms with Crippen LogP contribution in [0.2, 0.25) is 0 Å². The van der Waals surface area contributed by atoms with Gasteiger partial charge in [0.1, 0.15) is 6.04 Å². The summed E-state index contributed by atoms with van der Waals surface area (Å²) in [6, 6.07) is -0.235. The number of ether oxygens (including phenoxy) is 1. The molecule has 5 nitrogen and oxygen atoms in total. The van der Waals surface area contributed by atoms with Crippen molar-refractivity contribution in [1.29, 1.82) is 0 Å². The lowest BCUT2D eigenvalue weighted by Crippen LogP contribution is -2.52. The SMILES string of the molecule is CCC(CC)C(=O)N1CCC[C@H]1C(=O)N1CCOCC1. The summed E-state index contributed by atoms with van der Waals surface area (Å²) in [6.07, 6.45) is 3.45. The number of nitrogens with zero attached hydrogens (tertiary/aromatic N) is 2. The Morgan fingerprint density at radius 1 is 1.15 bits per heavy atom. The number of amides is 2. The van der Waals surface area contributed by atoms with Crippen molar-refractivity contribution in [1.82, 2.24) is 9.80 Å². The molecular formula is C15H26N2O3. The highest BCUT2D eigenvalue weighted by Crippen LogP contribution is 2.24. The van der Waals surface area contributed by atoms with Gasteiger partial charge >= 0.3 is 0 Å². The normalized spacial score (nSPS) is 23.4. The number of hydrogen-bond acceptors (Lipinski definition) is 3. The van der Waals surface area contributed by atoms with Crippen LogP contribution in [0.25, 0.3) is 0 Å². The van der Waals surface area contributed by atoms with Crippen molar-refractivity contribution in [2.75, 3.05) is 32.8 Å². The van der Waals surface area contributed by atoms with E-state index in [0.29, 0.717) is 26.3 Å². The van der Waals surface area contributed by atoms with E-state index in [0.717, 1.165) is 32.2 Å². The largest absolute Gasteiger partial charge is 0.378 e. The molecular weight excluding hydrogens is 256 g/mol. The molecule has 2 heterocycles. The zero-order chi connectivity index (χ0) is 14.5. The van der Waals surface area contributed by atoms with Gasteiger partial charge in [-0.2, -0.15) is 0 Å². The van der Waals surface area contributed by atoms with E-state index in [1.54, 1.807) is 0 Å². The molecule has 0 unspecified atom stereocenters. The van der Waals surface area contributed by atoms with E-state index in [-0.39, 0.29) is 23.8 Å². The molecule has 20 heavy (non-hydrogen) atoms.